The van der Waals surface area contributed by atoms with Crippen LogP contribution in [-0.2, 0) is 0 Å². The molecule has 0 aliphatic rings. The van der Waals surface area contributed by atoms with Crippen molar-refractivity contribution in [2.75, 3.05) is 0 Å². The summed E-state index contributed by atoms with van der Waals surface area (Å²) >= 11 is 5.46. The van der Waals surface area contributed by atoms with Gasteiger partial charge in [0.1, 0.15) is 11.6 Å². The molecule has 0 unspecified atom stereocenters. The molecular formula is C8H8ClFO. The lowest BCUT2D eigenvalue weighted by Crippen LogP contribution is -1.88. The van der Waals surface area contributed by atoms with Gasteiger partial charge in [0, 0.05) is 6.07 Å². The van der Waals surface area contributed by atoms with Gasteiger partial charge in [-0.05, 0) is 25.0 Å². The summed E-state index contributed by atoms with van der Waals surface area (Å²) in [5.41, 5.74) is 0.932. The largest absolute Gasteiger partial charge is 0.508 e. The third-order valence-corrected chi connectivity index (χ3v) is 2.02. The van der Waals surface area contributed by atoms with Crippen molar-refractivity contribution >= 4 is 11.6 Å². The molecule has 0 heterocycles. The zero-order valence-corrected chi connectivity index (χ0v) is 7.04. The summed E-state index contributed by atoms with van der Waals surface area (Å²) in [6.07, 6.45) is 0. The van der Waals surface area contributed by atoms with Gasteiger partial charge in [0.25, 0.3) is 0 Å². The van der Waals surface area contributed by atoms with E-state index in [1.165, 1.54) is 6.07 Å². The van der Waals surface area contributed by atoms with Crippen LogP contribution in [0.5, 0.6) is 5.75 Å². The van der Waals surface area contributed by atoms with Crippen LogP contribution in [0.15, 0.2) is 6.07 Å². The summed E-state index contributed by atoms with van der Waals surface area (Å²) in [6, 6.07) is 1.21. The third-order valence-electron chi connectivity index (χ3n) is 1.75. The van der Waals surface area contributed by atoms with Gasteiger partial charge in [0.2, 0.25) is 0 Å². The van der Waals surface area contributed by atoms with Crippen molar-refractivity contribution in [1.82, 2.24) is 0 Å². The quantitative estimate of drug-likeness (QED) is 0.641. The minimum absolute atomic E-state index is 0.0360. The van der Waals surface area contributed by atoms with E-state index in [0.29, 0.717) is 11.1 Å². The molecule has 1 nitrogen and oxygen atoms in total. The normalized spacial score (nSPS) is 10.2. The lowest BCUT2D eigenvalue weighted by molar-refractivity contribution is 0.467. The van der Waals surface area contributed by atoms with E-state index in [1.54, 1.807) is 13.8 Å². The van der Waals surface area contributed by atoms with Gasteiger partial charge >= 0.3 is 0 Å². The summed E-state index contributed by atoms with van der Waals surface area (Å²) in [7, 11) is 0. The predicted molar refractivity (Wildman–Crippen MR) is 42.5 cm³/mol. The van der Waals surface area contributed by atoms with Crippen molar-refractivity contribution in [1.29, 1.82) is 0 Å². The Labute approximate surface area is 69.4 Å². The number of halogens is 2. The van der Waals surface area contributed by atoms with Gasteiger partial charge in [0.05, 0.1) is 5.02 Å². The first-order chi connectivity index (χ1) is 5.04. The van der Waals surface area contributed by atoms with Crippen molar-refractivity contribution in [2.24, 2.45) is 0 Å². The van der Waals surface area contributed by atoms with Gasteiger partial charge in [-0.15, -0.1) is 0 Å². The molecule has 0 atom stereocenters. The Hall–Kier alpha value is -0.760. The highest BCUT2D eigenvalue weighted by Gasteiger charge is 2.09. The van der Waals surface area contributed by atoms with Crippen LogP contribution in [0, 0.1) is 19.7 Å². The Morgan fingerprint density at radius 1 is 1.36 bits per heavy atom. The summed E-state index contributed by atoms with van der Waals surface area (Å²) in [5, 5.41) is 9.12. The van der Waals surface area contributed by atoms with Gasteiger partial charge in [-0.3, -0.25) is 0 Å². The first-order valence-electron chi connectivity index (χ1n) is 3.18. The molecule has 1 aromatic carbocycles. The number of phenolic OH excluding ortho intramolecular Hbond substituents is 1. The molecule has 1 aromatic rings. The van der Waals surface area contributed by atoms with Crippen LogP contribution in [0.1, 0.15) is 11.1 Å². The van der Waals surface area contributed by atoms with Crippen LogP contribution in [0.2, 0.25) is 5.02 Å². The molecule has 0 spiro atoms. The number of aromatic hydroxyl groups is 1. The Kier molecular flexibility index (Phi) is 2.05. The number of phenols is 1. The van der Waals surface area contributed by atoms with E-state index in [-0.39, 0.29) is 10.8 Å². The minimum atomic E-state index is -0.457. The molecule has 0 fully saturated rings. The van der Waals surface area contributed by atoms with Crippen LogP contribution >= 0.6 is 11.6 Å². The smallest absolute Gasteiger partial charge is 0.145 e. The fourth-order valence-corrected chi connectivity index (χ4v) is 1.07. The molecule has 0 amide bonds. The zero-order chi connectivity index (χ0) is 8.59. The van der Waals surface area contributed by atoms with Crippen molar-refractivity contribution < 1.29 is 9.50 Å². The maximum absolute atomic E-state index is 12.9. The fourth-order valence-electron chi connectivity index (χ4n) is 0.827. The molecule has 0 bridgehead atoms. The molecule has 60 valence electrons. The van der Waals surface area contributed by atoms with Gasteiger partial charge in [-0.2, -0.15) is 0 Å². The van der Waals surface area contributed by atoms with E-state index in [2.05, 4.69) is 0 Å². The summed E-state index contributed by atoms with van der Waals surface area (Å²) < 4.78 is 12.9. The first-order valence-corrected chi connectivity index (χ1v) is 3.56. The van der Waals surface area contributed by atoms with E-state index >= 15 is 0 Å². The highest BCUT2D eigenvalue weighted by molar-refractivity contribution is 6.31. The summed E-state index contributed by atoms with van der Waals surface area (Å²) in [6.45, 7) is 3.22. The molecule has 1 N–H and O–H groups in total. The molecule has 11 heavy (non-hydrogen) atoms. The Bertz CT molecular complexity index is 270. The van der Waals surface area contributed by atoms with Crippen molar-refractivity contribution in [3.63, 3.8) is 0 Å². The second kappa shape index (κ2) is 2.70. The van der Waals surface area contributed by atoms with Gasteiger partial charge in [-0.25, -0.2) is 4.39 Å². The Morgan fingerprint density at radius 2 is 1.91 bits per heavy atom. The SMILES string of the molecule is Cc1c(O)cc(Cl)c(F)c1C. The lowest BCUT2D eigenvalue weighted by atomic mass is 10.1. The standard InChI is InChI=1S/C8H8ClFO/c1-4-5(2)8(10)6(9)3-7(4)11/h3,11H,1-2H3. The van der Waals surface area contributed by atoms with E-state index < -0.39 is 5.82 Å². The summed E-state index contributed by atoms with van der Waals surface area (Å²) in [5.74, 6) is -0.420. The monoisotopic (exact) mass is 174 g/mol. The average molecular weight is 175 g/mol. The van der Waals surface area contributed by atoms with Crippen LogP contribution in [0.4, 0.5) is 4.39 Å². The number of rotatable bonds is 0. The Morgan fingerprint density at radius 3 is 2.45 bits per heavy atom. The highest BCUT2D eigenvalue weighted by atomic mass is 35.5. The van der Waals surface area contributed by atoms with E-state index in [0.717, 1.165) is 0 Å². The van der Waals surface area contributed by atoms with E-state index in [1.807, 2.05) is 0 Å². The number of hydrogen-bond donors (Lipinski definition) is 1. The molecule has 0 saturated carbocycles. The first kappa shape index (κ1) is 8.34. The molecule has 0 aliphatic carbocycles. The topological polar surface area (TPSA) is 20.2 Å². The third kappa shape index (κ3) is 1.31. The van der Waals surface area contributed by atoms with Crippen molar-refractivity contribution in [3.05, 3.63) is 28.0 Å². The van der Waals surface area contributed by atoms with Crippen molar-refractivity contribution in [3.8, 4) is 5.75 Å². The maximum atomic E-state index is 12.9. The molecule has 0 saturated heterocycles. The maximum Gasteiger partial charge on any atom is 0.145 e. The van der Waals surface area contributed by atoms with Gasteiger partial charge in [-0.1, -0.05) is 11.6 Å². The van der Waals surface area contributed by atoms with Crippen molar-refractivity contribution in [2.45, 2.75) is 13.8 Å². The van der Waals surface area contributed by atoms with E-state index in [4.69, 9.17) is 16.7 Å². The molecule has 3 heteroatoms. The van der Waals surface area contributed by atoms with Gasteiger partial charge in [0.15, 0.2) is 0 Å². The second-order valence-corrected chi connectivity index (χ2v) is 2.85. The van der Waals surface area contributed by atoms with Crippen LogP contribution in [0.3, 0.4) is 0 Å². The lowest BCUT2D eigenvalue weighted by Gasteiger charge is -2.05. The molecule has 1 rings (SSSR count). The second-order valence-electron chi connectivity index (χ2n) is 2.44. The minimum Gasteiger partial charge on any atom is -0.508 e. The van der Waals surface area contributed by atoms with Crippen LogP contribution in [-0.4, -0.2) is 5.11 Å². The zero-order valence-electron chi connectivity index (χ0n) is 6.28. The molecular weight excluding hydrogens is 167 g/mol. The van der Waals surface area contributed by atoms with Crippen LogP contribution in [0.25, 0.3) is 0 Å². The average Bonchev–Trinajstić information content (AvgIpc) is 1.97. The summed E-state index contributed by atoms with van der Waals surface area (Å²) in [4.78, 5) is 0. The molecule has 0 aromatic heterocycles. The van der Waals surface area contributed by atoms with Crippen LogP contribution < -0.4 is 0 Å². The molecule has 0 radical (unpaired) electrons. The highest BCUT2D eigenvalue weighted by Crippen LogP contribution is 2.28. The van der Waals surface area contributed by atoms with E-state index in [9.17, 15) is 4.39 Å². The number of benzene rings is 1. The fraction of sp³-hybridized carbons (Fsp3) is 0.250. The predicted octanol–water partition coefficient (Wildman–Crippen LogP) is 2.80. The van der Waals surface area contributed by atoms with Gasteiger partial charge < -0.3 is 5.11 Å². The molecule has 0 aliphatic heterocycles. The number of hydrogen-bond acceptors (Lipinski definition) is 1. The Balaban J connectivity index is 3.46.